The maximum Gasteiger partial charge on any atom is 0.0317 e. The maximum atomic E-state index is 3.45. The van der Waals surface area contributed by atoms with Crippen LogP contribution >= 0.6 is 15.9 Å². The number of halogens is 1. The quantitative estimate of drug-likeness (QED) is 0.851. The van der Waals surface area contributed by atoms with Crippen LogP contribution in [-0.2, 0) is 0 Å². The molecule has 0 fully saturated rings. The van der Waals surface area contributed by atoms with Gasteiger partial charge >= 0.3 is 0 Å². The fourth-order valence-corrected chi connectivity index (χ4v) is 1.70. The molecule has 1 rings (SSSR count). The molecule has 1 unspecified atom stereocenters. The lowest BCUT2D eigenvalue weighted by Crippen LogP contribution is -2.19. The Kier molecular flexibility index (Phi) is 4.46. The molecule has 0 bridgehead atoms. The Balaban J connectivity index is 2.73. The van der Waals surface area contributed by atoms with E-state index in [4.69, 9.17) is 0 Å². The first-order valence-electron chi connectivity index (χ1n) is 4.76. The first-order valence-corrected chi connectivity index (χ1v) is 5.56. The largest absolute Gasteiger partial charge is 0.310 e. The Labute approximate surface area is 88.7 Å². The molecule has 2 heteroatoms. The molecule has 0 spiro atoms. The summed E-state index contributed by atoms with van der Waals surface area (Å²) in [6, 6.07) is 9.02. The van der Waals surface area contributed by atoms with Gasteiger partial charge in [-0.25, -0.2) is 0 Å². The zero-order valence-corrected chi connectivity index (χ0v) is 9.76. The van der Waals surface area contributed by atoms with Gasteiger partial charge in [0.15, 0.2) is 0 Å². The van der Waals surface area contributed by atoms with Gasteiger partial charge in [0, 0.05) is 10.5 Å². The third-order valence-electron chi connectivity index (χ3n) is 2.13. The van der Waals surface area contributed by atoms with Gasteiger partial charge in [0.2, 0.25) is 0 Å². The van der Waals surface area contributed by atoms with E-state index in [2.05, 4.69) is 59.4 Å². The first-order chi connectivity index (χ1) is 6.27. The van der Waals surface area contributed by atoms with E-state index < -0.39 is 0 Å². The summed E-state index contributed by atoms with van der Waals surface area (Å²) >= 11 is 3.44. The third kappa shape index (κ3) is 3.12. The van der Waals surface area contributed by atoms with E-state index >= 15 is 0 Å². The lowest BCUT2D eigenvalue weighted by Gasteiger charge is -2.15. The van der Waals surface area contributed by atoms with Crippen LogP contribution in [-0.4, -0.2) is 6.54 Å². The van der Waals surface area contributed by atoms with Crippen LogP contribution in [0.25, 0.3) is 0 Å². The summed E-state index contributed by atoms with van der Waals surface area (Å²) in [5, 5.41) is 3.45. The molecule has 72 valence electrons. The predicted octanol–water partition coefficient (Wildman–Crippen LogP) is 3.51. The van der Waals surface area contributed by atoms with Gasteiger partial charge in [-0.15, -0.1) is 0 Å². The average Bonchev–Trinajstić information content (AvgIpc) is 2.16. The van der Waals surface area contributed by atoms with Crippen LogP contribution in [0.1, 0.15) is 31.9 Å². The summed E-state index contributed by atoms with van der Waals surface area (Å²) in [5.41, 5.74) is 1.37. The Bertz CT molecular complexity index is 243. The Morgan fingerprint density at radius 2 is 1.85 bits per heavy atom. The van der Waals surface area contributed by atoms with E-state index in [1.165, 1.54) is 5.56 Å². The minimum Gasteiger partial charge on any atom is -0.310 e. The van der Waals surface area contributed by atoms with E-state index in [0.717, 1.165) is 17.4 Å². The summed E-state index contributed by atoms with van der Waals surface area (Å²) in [4.78, 5) is 0. The van der Waals surface area contributed by atoms with Crippen LogP contribution < -0.4 is 5.32 Å². The Morgan fingerprint density at radius 3 is 2.31 bits per heavy atom. The summed E-state index contributed by atoms with van der Waals surface area (Å²) in [5.74, 6) is 0. The number of rotatable bonds is 4. The molecular weight excluding hydrogens is 226 g/mol. The van der Waals surface area contributed by atoms with E-state index in [1.54, 1.807) is 0 Å². The molecule has 1 aromatic carbocycles. The van der Waals surface area contributed by atoms with Crippen molar-refractivity contribution in [3.63, 3.8) is 0 Å². The van der Waals surface area contributed by atoms with Crippen molar-refractivity contribution in [2.75, 3.05) is 6.54 Å². The van der Waals surface area contributed by atoms with Crippen molar-refractivity contribution < 1.29 is 0 Å². The van der Waals surface area contributed by atoms with Crippen molar-refractivity contribution in [3.8, 4) is 0 Å². The normalized spacial score (nSPS) is 12.8. The van der Waals surface area contributed by atoms with Gasteiger partial charge in [-0.3, -0.25) is 0 Å². The van der Waals surface area contributed by atoms with Gasteiger partial charge in [-0.2, -0.15) is 0 Å². The van der Waals surface area contributed by atoms with Gasteiger partial charge in [0.1, 0.15) is 0 Å². The van der Waals surface area contributed by atoms with Gasteiger partial charge in [-0.1, -0.05) is 41.9 Å². The number of nitrogens with one attached hydrogen (secondary N) is 1. The van der Waals surface area contributed by atoms with E-state index in [0.29, 0.717) is 6.04 Å². The molecule has 0 aliphatic heterocycles. The summed E-state index contributed by atoms with van der Waals surface area (Å²) < 4.78 is 1.14. The molecule has 0 saturated carbocycles. The van der Waals surface area contributed by atoms with Gasteiger partial charge < -0.3 is 5.32 Å². The molecule has 1 atom stereocenters. The van der Waals surface area contributed by atoms with Crippen LogP contribution in [0.4, 0.5) is 0 Å². The maximum absolute atomic E-state index is 3.45. The molecule has 0 amide bonds. The van der Waals surface area contributed by atoms with Gasteiger partial charge in [0.05, 0.1) is 0 Å². The molecule has 0 aliphatic carbocycles. The van der Waals surface area contributed by atoms with Crippen molar-refractivity contribution in [3.05, 3.63) is 34.3 Å². The van der Waals surface area contributed by atoms with Crippen LogP contribution in [0.15, 0.2) is 28.7 Å². The Hall–Kier alpha value is -0.340. The van der Waals surface area contributed by atoms with Crippen molar-refractivity contribution in [1.82, 2.24) is 5.32 Å². The minimum absolute atomic E-state index is 0.498. The first kappa shape index (κ1) is 10.7. The summed E-state index contributed by atoms with van der Waals surface area (Å²) in [6.45, 7) is 5.37. The molecule has 1 nitrogen and oxygen atoms in total. The smallest absolute Gasteiger partial charge is 0.0317 e. The summed E-state index contributed by atoms with van der Waals surface area (Å²) in [6.07, 6.45) is 1.13. The molecule has 1 aromatic rings. The highest BCUT2D eigenvalue weighted by Gasteiger charge is 2.05. The van der Waals surface area contributed by atoms with Gasteiger partial charge in [0.25, 0.3) is 0 Å². The SMILES string of the molecule is CCNC(CC)c1ccc(Br)cc1. The second-order valence-corrected chi connectivity index (χ2v) is 3.99. The van der Waals surface area contributed by atoms with E-state index in [9.17, 15) is 0 Å². The Morgan fingerprint density at radius 1 is 1.23 bits per heavy atom. The topological polar surface area (TPSA) is 12.0 Å². The lowest BCUT2D eigenvalue weighted by molar-refractivity contribution is 0.537. The predicted molar refractivity (Wildman–Crippen MR) is 60.9 cm³/mol. The van der Waals surface area contributed by atoms with Crippen molar-refractivity contribution in [2.45, 2.75) is 26.3 Å². The van der Waals surface area contributed by atoms with Crippen LogP contribution in [0, 0.1) is 0 Å². The molecule has 0 aliphatic rings. The second-order valence-electron chi connectivity index (χ2n) is 3.07. The highest BCUT2D eigenvalue weighted by Crippen LogP contribution is 2.18. The van der Waals surface area contributed by atoms with Gasteiger partial charge in [-0.05, 0) is 30.7 Å². The number of benzene rings is 1. The molecule has 13 heavy (non-hydrogen) atoms. The van der Waals surface area contributed by atoms with Crippen LogP contribution in [0.3, 0.4) is 0 Å². The fourth-order valence-electron chi connectivity index (χ4n) is 1.44. The van der Waals surface area contributed by atoms with Crippen molar-refractivity contribution >= 4 is 15.9 Å². The molecule has 0 aromatic heterocycles. The second kappa shape index (κ2) is 5.40. The summed E-state index contributed by atoms with van der Waals surface area (Å²) in [7, 11) is 0. The standard InChI is InChI=1S/C11H16BrN/c1-3-11(13-4-2)9-5-7-10(12)8-6-9/h5-8,11,13H,3-4H2,1-2H3. The van der Waals surface area contributed by atoms with E-state index in [1.807, 2.05) is 0 Å². The third-order valence-corrected chi connectivity index (χ3v) is 2.66. The zero-order chi connectivity index (χ0) is 9.68. The van der Waals surface area contributed by atoms with Crippen molar-refractivity contribution in [1.29, 1.82) is 0 Å². The molecule has 1 N–H and O–H groups in total. The molecule has 0 saturated heterocycles. The highest BCUT2D eigenvalue weighted by molar-refractivity contribution is 9.10. The van der Waals surface area contributed by atoms with Crippen LogP contribution in [0.2, 0.25) is 0 Å². The molecule has 0 heterocycles. The average molecular weight is 242 g/mol. The zero-order valence-electron chi connectivity index (χ0n) is 8.18. The number of hydrogen-bond acceptors (Lipinski definition) is 1. The highest BCUT2D eigenvalue weighted by atomic mass is 79.9. The van der Waals surface area contributed by atoms with Crippen LogP contribution in [0.5, 0.6) is 0 Å². The lowest BCUT2D eigenvalue weighted by atomic mass is 10.1. The number of hydrogen-bond donors (Lipinski definition) is 1. The molecular formula is C11H16BrN. The fraction of sp³-hybridized carbons (Fsp3) is 0.455. The monoisotopic (exact) mass is 241 g/mol. The van der Waals surface area contributed by atoms with E-state index in [-0.39, 0.29) is 0 Å². The minimum atomic E-state index is 0.498. The molecule has 0 radical (unpaired) electrons. The van der Waals surface area contributed by atoms with Crippen molar-refractivity contribution in [2.24, 2.45) is 0 Å².